The molecule has 3 aromatic rings. The molecule has 11 nitrogen and oxygen atoms in total. The number of nitrogens with zero attached hydrogens (tertiary/aromatic N) is 5. The van der Waals surface area contributed by atoms with E-state index >= 15 is 0 Å². The second kappa shape index (κ2) is 14.1. The number of fused-ring (bicyclic) bond motifs is 3. The Bertz CT molecular complexity index is 1670. The van der Waals surface area contributed by atoms with Crippen LogP contribution in [-0.4, -0.2) is 97.3 Å². The SMILES string of the molecule is COc1ccc(CCNC(=O)CSC2=Nc3ccccc3C3=NC(=O)C(CC(=O)N4CCN(c5ccccc5)CC4)N23)cc1OC. The Morgan fingerprint density at radius 1 is 0.913 bits per heavy atom. The Balaban J connectivity index is 1.08. The number of carbonyl (C=O) groups is 3. The molecule has 46 heavy (non-hydrogen) atoms. The van der Waals surface area contributed by atoms with E-state index in [1.165, 1.54) is 11.8 Å². The fraction of sp³-hybridized carbons (Fsp3) is 0.324. The van der Waals surface area contributed by atoms with Crippen molar-refractivity contribution in [1.82, 2.24) is 15.1 Å². The number of anilines is 1. The van der Waals surface area contributed by atoms with Gasteiger partial charge in [0.1, 0.15) is 11.9 Å². The van der Waals surface area contributed by atoms with E-state index in [1.807, 2.05) is 65.6 Å². The van der Waals surface area contributed by atoms with Gasteiger partial charge in [-0.2, -0.15) is 4.99 Å². The molecule has 1 fully saturated rings. The number of thioether (sulfide) groups is 1. The first-order chi connectivity index (χ1) is 22.4. The summed E-state index contributed by atoms with van der Waals surface area (Å²) >= 11 is 1.23. The molecule has 3 aromatic carbocycles. The minimum atomic E-state index is -0.817. The van der Waals surface area contributed by atoms with E-state index in [0.29, 0.717) is 54.2 Å². The molecule has 0 spiro atoms. The molecule has 1 atom stereocenters. The van der Waals surface area contributed by atoms with Crippen LogP contribution in [0.4, 0.5) is 11.4 Å². The van der Waals surface area contributed by atoms with Crippen LogP contribution in [-0.2, 0) is 20.8 Å². The molecule has 1 saturated heterocycles. The number of aliphatic imine (C=N–C) groups is 2. The number of rotatable bonds is 10. The summed E-state index contributed by atoms with van der Waals surface area (Å²) in [5.41, 5.74) is 3.54. The number of carbonyl (C=O) groups excluding carboxylic acids is 3. The molecule has 3 aliphatic rings. The van der Waals surface area contributed by atoms with Crippen molar-refractivity contribution in [1.29, 1.82) is 0 Å². The number of benzene rings is 3. The Kier molecular flexibility index (Phi) is 9.53. The van der Waals surface area contributed by atoms with Gasteiger partial charge in [-0.3, -0.25) is 19.3 Å². The van der Waals surface area contributed by atoms with Crippen LogP contribution in [0.25, 0.3) is 0 Å². The minimum absolute atomic E-state index is 0.0174. The molecule has 6 rings (SSSR count). The minimum Gasteiger partial charge on any atom is -0.493 e. The molecule has 1 N–H and O–H groups in total. The molecule has 3 heterocycles. The van der Waals surface area contributed by atoms with E-state index in [1.54, 1.807) is 19.1 Å². The maximum Gasteiger partial charge on any atom is 0.271 e. The van der Waals surface area contributed by atoms with Crippen LogP contribution in [0.15, 0.2) is 82.8 Å². The first kappa shape index (κ1) is 31.2. The molecule has 0 saturated carbocycles. The maximum atomic E-state index is 13.5. The number of methoxy groups -OCH3 is 2. The van der Waals surface area contributed by atoms with Gasteiger partial charge in [-0.25, -0.2) is 4.99 Å². The summed E-state index contributed by atoms with van der Waals surface area (Å²) in [7, 11) is 3.18. The number of piperazine rings is 1. The van der Waals surface area contributed by atoms with Crippen molar-refractivity contribution in [3.63, 3.8) is 0 Å². The van der Waals surface area contributed by atoms with Crippen molar-refractivity contribution in [2.24, 2.45) is 9.98 Å². The molecule has 12 heteroatoms. The third-order valence-electron chi connectivity index (χ3n) is 8.25. The van der Waals surface area contributed by atoms with E-state index in [9.17, 15) is 14.4 Å². The third kappa shape index (κ3) is 6.71. The molecule has 0 bridgehead atoms. The Morgan fingerprint density at radius 3 is 2.41 bits per heavy atom. The van der Waals surface area contributed by atoms with Gasteiger partial charge in [-0.15, -0.1) is 0 Å². The van der Waals surface area contributed by atoms with Crippen molar-refractivity contribution >= 4 is 51.9 Å². The average Bonchev–Trinajstić information content (AvgIpc) is 3.43. The normalized spacial score (nSPS) is 17.1. The van der Waals surface area contributed by atoms with E-state index in [-0.39, 0.29) is 29.9 Å². The lowest BCUT2D eigenvalue weighted by Crippen LogP contribution is -2.51. The van der Waals surface area contributed by atoms with Crippen molar-refractivity contribution in [2.45, 2.75) is 18.9 Å². The predicted octanol–water partition coefficient (Wildman–Crippen LogP) is 3.49. The van der Waals surface area contributed by atoms with Gasteiger partial charge in [-0.1, -0.05) is 48.2 Å². The fourth-order valence-electron chi connectivity index (χ4n) is 5.81. The molecule has 0 aliphatic carbocycles. The first-order valence-corrected chi connectivity index (χ1v) is 16.2. The molecular weight excluding hydrogens is 604 g/mol. The summed E-state index contributed by atoms with van der Waals surface area (Å²) in [6, 6.07) is 22.5. The highest BCUT2D eigenvalue weighted by atomic mass is 32.2. The topological polar surface area (TPSA) is 116 Å². The van der Waals surface area contributed by atoms with Crippen LogP contribution < -0.4 is 19.7 Å². The number of nitrogens with one attached hydrogen (secondary N) is 1. The lowest BCUT2D eigenvalue weighted by molar-refractivity contribution is -0.134. The van der Waals surface area contributed by atoms with Crippen LogP contribution >= 0.6 is 11.8 Å². The Hall–Kier alpha value is -4.84. The third-order valence-corrected chi connectivity index (χ3v) is 9.20. The van der Waals surface area contributed by atoms with Crippen molar-refractivity contribution in [3.05, 3.63) is 83.9 Å². The van der Waals surface area contributed by atoms with E-state index in [0.717, 1.165) is 29.9 Å². The largest absolute Gasteiger partial charge is 0.493 e. The molecule has 0 aromatic heterocycles. The fourth-order valence-corrected chi connectivity index (χ4v) is 6.69. The molecular formula is C34H36N6O5S. The summed E-state index contributed by atoms with van der Waals surface area (Å²) in [5.74, 6) is 1.20. The lowest BCUT2D eigenvalue weighted by atomic mass is 10.1. The van der Waals surface area contributed by atoms with Gasteiger partial charge in [0, 0.05) is 44.0 Å². The molecule has 238 valence electrons. The monoisotopic (exact) mass is 640 g/mol. The van der Waals surface area contributed by atoms with E-state index in [2.05, 4.69) is 27.3 Å². The van der Waals surface area contributed by atoms with Gasteiger partial charge in [0.2, 0.25) is 11.8 Å². The van der Waals surface area contributed by atoms with Crippen LogP contribution in [0.1, 0.15) is 17.5 Å². The maximum absolute atomic E-state index is 13.5. The zero-order valence-corrected chi connectivity index (χ0v) is 26.7. The number of ether oxygens (including phenoxy) is 2. The van der Waals surface area contributed by atoms with Gasteiger partial charge >= 0.3 is 0 Å². The van der Waals surface area contributed by atoms with Crippen molar-refractivity contribution in [2.75, 3.05) is 57.6 Å². The highest BCUT2D eigenvalue weighted by Gasteiger charge is 2.43. The van der Waals surface area contributed by atoms with Crippen molar-refractivity contribution < 1.29 is 23.9 Å². The van der Waals surface area contributed by atoms with Crippen LogP contribution in [0.2, 0.25) is 0 Å². The number of amidine groups is 2. The Labute approximate surface area is 272 Å². The van der Waals surface area contributed by atoms with Crippen molar-refractivity contribution in [3.8, 4) is 11.5 Å². The quantitative estimate of drug-likeness (QED) is 0.358. The van der Waals surface area contributed by atoms with Gasteiger partial charge in [0.05, 0.1) is 32.1 Å². The zero-order chi connectivity index (χ0) is 32.0. The summed E-state index contributed by atoms with van der Waals surface area (Å²) in [6.45, 7) is 3.02. The smallest absolute Gasteiger partial charge is 0.271 e. The Morgan fingerprint density at radius 2 is 1.65 bits per heavy atom. The zero-order valence-electron chi connectivity index (χ0n) is 25.8. The van der Waals surface area contributed by atoms with Gasteiger partial charge < -0.3 is 24.6 Å². The van der Waals surface area contributed by atoms with Gasteiger partial charge in [0.25, 0.3) is 5.91 Å². The lowest BCUT2D eigenvalue weighted by Gasteiger charge is -2.37. The first-order valence-electron chi connectivity index (χ1n) is 15.2. The predicted molar refractivity (Wildman–Crippen MR) is 179 cm³/mol. The summed E-state index contributed by atoms with van der Waals surface area (Å²) in [6.07, 6.45) is 0.600. The van der Waals surface area contributed by atoms with E-state index < -0.39 is 6.04 Å². The molecule has 0 radical (unpaired) electrons. The standard InChI is InChI=1S/C34H36N6O5S/c1-44-28-13-12-23(20-29(28)45-2)14-15-35-30(41)22-46-34-36-26-11-7-6-10-25(26)32-37-33(43)27(40(32)34)21-31(42)39-18-16-38(17-19-39)24-8-4-3-5-9-24/h3-13,20,27H,14-19,21-22H2,1-2H3,(H,35,41). The number of para-hydroxylation sites is 2. The number of hydrogen-bond acceptors (Lipinski definition) is 9. The van der Waals surface area contributed by atoms with Crippen LogP contribution in [0.3, 0.4) is 0 Å². The summed E-state index contributed by atoms with van der Waals surface area (Å²) in [4.78, 5) is 54.7. The van der Waals surface area contributed by atoms with Crippen LogP contribution in [0, 0.1) is 0 Å². The highest BCUT2D eigenvalue weighted by molar-refractivity contribution is 8.14. The van der Waals surface area contributed by atoms with Gasteiger partial charge in [0.15, 0.2) is 16.7 Å². The average molecular weight is 641 g/mol. The van der Waals surface area contributed by atoms with Crippen LogP contribution in [0.5, 0.6) is 11.5 Å². The summed E-state index contributed by atoms with van der Waals surface area (Å²) < 4.78 is 10.7. The number of hydrogen-bond donors (Lipinski definition) is 1. The summed E-state index contributed by atoms with van der Waals surface area (Å²) in [5, 5.41) is 3.44. The molecule has 1 unspecified atom stereocenters. The second-order valence-electron chi connectivity index (χ2n) is 11.1. The highest BCUT2D eigenvalue weighted by Crippen LogP contribution is 2.35. The number of amides is 3. The van der Waals surface area contributed by atoms with Gasteiger partial charge in [-0.05, 0) is 48.4 Å². The second-order valence-corrected chi connectivity index (χ2v) is 12.0. The van der Waals surface area contributed by atoms with E-state index in [4.69, 9.17) is 14.5 Å². The molecule has 3 aliphatic heterocycles. The molecule has 3 amide bonds.